The first-order valence-electron chi connectivity index (χ1n) is 5.91. The number of nitrogens with two attached hydrogens (primary N) is 1. The third kappa shape index (κ3) is 4.21. The quantitative estimate of drug-likeness (QED) is 0.728. The van der Waals surface area contributed by atoms with Gasteiger partial charge in [-0.3, -0.25) is 14.3 Å². The molecule has 0 aliphatic heterocycles. The molecule has 110 valence electrons. The molecular weight excluding hydrogens is 302 g/mol. The lowest BCUT2D eigenvalue weighted by Crippen LogP contribution is -2.44. The Labute approximate surface area is 124 Å². The number of urea groups is 1. The van der Waals surface area contributed by atoms with Gasteiger partial charge in [-0.25, -0.2) is 4.79 Å². The predicted molar refractivity (Wildman–Crippen MR) is 79.0 cm³/mol. The molecule has 0 aromatic heterocycles. The first-order chi connectivity index (χ1) is 9.36. The number of hydrogen-bond donors (Lipinski definition) is 3. The van der Waals surface area contributed by atoms with Crippen LogP contribution in [0.25, 0.3) is 0 Å². The van der Waals surface area contributed by atoms with Gasteiger partial charge in [0.1, 0.15) is 5.25 Å². The fourth-order valence-electron chi connectivity index (χ4n) is 1.41. The average molecular weight is 318 g/mol. The number of anilines is 1. The average Bonchev–Trinajstić information content (AvgIpc) is 2.37. The number of carbonyl (C=O) groups excluding carboxylic acids is 2. The monoisotopic (exact) mass is 317 g/mol. The largest absolute Gasteiger partial charge is 0.398 e. The van der Waals surface area contributed by atoms with Gasteiger partial charge in [0.05, 0.1) is 15.7 Å². The van der Waals surface area contributed by atoms with Crippen LogP contribution in [0.1, 0.15) is 13.8 Å². The molecule has 0 saturated heterocycles. The lowest BCUT2D eigenvalue weighted by atomic mass is 10.3. The van der Waals surface area contributed by atoms with Gasteiger partial charge in [-0.15, -0.1) is 0 Å². The molecule has 0 heterocycles. The second-order valence-corrected chi connectivity index (χ2v) is 6.15. The molecule has 0 radical (unpaired) electrons. The number of nitrogen functional groups attached to an aromatic ring is 1. The van der Waals surface area contributed by atoms with Crippen molar-refractivity contribution < 1.29 is 13.8 Å². The number of amides is 3. The summed E-state index contributed by atoms with van der Waals surface area (Å²) < 4.78 is 12.3. The van der Waals surface area contributed by atoms with Crippen LogP contribution in [0, 0.1) is 0 Å². The van der Waals surface area contributed by atoms with E-state index in [0.29, 0.717) is 16.5 Å². The lowest BCUT2D eigenvalue weighted by molar-refractivity contribution is -0.119. The molecule has 20 heavy (non-hydrogen) atoms. The molecule has 6 nitrogen and oxygen atoms in total. The first-order valence-corrected chi connectivity index (χ1v) is 7.50. The minimum Gasteiger partial charge on any atom is -0.398 e. The highest BCUT2D eigenvalue weighted by atomic mass is 35.5. The van der Waals surface area contributed by atoms with Gasteiger partial charge in [0.15, 0.2) is 0 Å². The zero-order valence-electron chi connectivity index (χ0n) is 11.1. The molecule has 1 aromatic rings. The Morgan fingerprint density at radius 1 is 1.45 bits per heavy atom. The van der Waals surface area contributed by atoms with Crippen molar-refractivity contribution in [1.82, 2.24) is 10.6 Å². The van der Waals surface area contributed by atoms with Gasteiger partial charge in [0.25, 0.3) is 0 Å². The van der Waals surface area contributed by atoms with E-state index in [4.69, 9.17) is 17.3 Å². The van der Waals surface area contributed by atoms with Crippen molar-refractivity contribution in [3.05, 3.63) is 23.2 Å². The number of benzene rings is 1. The Bertz CT molecular complexity index is 551. The third-order valence-corrected chi connectivity index (χ3v) is 4.35. The Kier molecular flexibility index (Phi) is 5.97. The number of halogens is 1. The molecule has 4 N–H and O–H groups in total. The van der Waals surface area contributed by atoms with Crippen molar-refractivity contribution >= 4 is 40.0 Å². The molecule has 8 heteroatoms. The third-order valence-electron chi connectivity index (χ3n) is 2.45. The summed E-state index contributed by atoms with van der Waals surface area (Å²) in [5.41, 5.74) is 5.96. The topological polar surface area (TPSA) is 101 Å². The molecule has 1 aromatic carbocycles. The van der Waals surface area contributed by atoms with E-state index >= 15 is 0 Å². The first kappa shape index (κ1) is 16.5. The molecule has 0 fully saturated rings. The van der Waals surface area contributed by atoms with Gasteiger partial charge in [0.2, 0.25) is 5.91 Å². The van der Waals surface area contributed by atoms with Crippen LogP contribution in [0.2, 0.25) is 5.02 Å². The van der Waals surface area contributed by atoms with Crippen molar-refractivity contribution in [1.29, 1.82) is 0 Å². The van der Waals surface area contributed by atoms with Gasteiger partial charge in [-0.1, -0.05) is 11.6 Å². The Morgan fingerprint density at radius 3 is 2.65 bits per heavy atom. The summed E-state index contributed by atoms with van der Waals surface area (Å²) in [7, 11) is -1.67. The molecule has 0 aliphatic carbocycles. The smallest absolute Gasteiger partial charge is 0.321 e. The number of nitrogens with one attached hydrogen (secondary N) is 2. The minimum absolute atomic E-state index is 0.244. The van der Waals surface area contributed by atoms with E-state index in [0.717, 1.165) is 0 Å². The minimum atomic E-state index is -1.67. The second-order valence-electron chi connectivity index (χ2n) is 3.97. The number of hydrogen-bond acceptors (Lipinski definition) is 4. The summed E-state index contributed by atoms with van der Waals surface area (Å²) >= 11 is 5.76. The van der Waals surface area contributed by atoms with Crippen molar-refractivity contribution in [3.63, 3.8) is 0 Å². The van der Waals surface area contributed by atoms with Crippen LogP contribution < -0.4 is 16.4 Å². The second kappa shape index (κ2) is 7.25. The van der Waals surface area contributed by atoms with Crippen molar-refractivity contribution in [2.24, 2.45) is 0 Å². The summed E-state index contributed by atoms with van der Waals surface area (Å²) in [4.78, 5) is 23.3. The SMILES string of the molecule is CCNC(=O)NC(=O)C(C)S(=O)c1ccc(Cl)cc1N. The summed E-state index contributed by atoms with van der Waals surface area (Å²) in [6, 6.07) is 3.89. The summed E-state index contributed by atoms with van der Waals surface area (Å²) in [5.74, 6) is -0.636. The fourth-order valence-corrected chi connectivity index (χ4v) is 2.72. The molecule has 2 atom stereocenters. The maximum absolute atomic E-state index is 12.3. The lowest BCUT2D eigenvalue weighted by Gasteiger charge is -2.13. The summed E-state index contributed by atoms with van der Waals surface area (Å²) in [6.45, 7) is 3.57. The molecule has 0 spiro atoms. The van der Waals surface area contributed by atoms with E-state index in [2.05, 4.69) is 10.6 Å². The van der Waals surface area contributed by atoms with Gasteiger partial charge in [0, 0.05) is 17.3 Å². The normalized spacial score (nSPS) is 13.3. The zero-order valence-corrected chi connectivity index (χ0v) is 12.7. The molecule has 0 saturated carbocycles. The van der Waals surface area contributed by atoms with Crippen molar-refractivity contribution in [3.8, 4) is 0 Å². The van der Waals surface area contributed by atoms with Crippen LogP contribution in [0.3, 0.4) is 0 Å². The van der Waals surface area contributed by atoms with Crippen molar-refractivity contribution in [2.45, 2.75) is 24.0 Å². The Hall–Kier alpha value is -1.60. The van der Waals surface area contributed by atoms with E-state index in [1.807, 2.05) is 0 Å². The van der Waals surface area contributed by atoms with Gasteiger partial charge in [-0.2, -0.15) is 0 Å². The Morgan fingerprint density at radius 2 is 2.10 bits per heavy atom. The Balaban J connectivity index is 2.80. The molecule has 0 bridgehead atoms. The predicted octanol–water partition coefficient (Wildman–Crippen LogP) is 1.26. The fraction of sp³-hybridized carbons (Fsp3) is 0.333. The van der Waals surface area contributed by atoms with E-state index in [1.54, 1.807) is 13.0 Å². The highest BCUT2D eigenvalue weighted by molar-refractivity contribution is 7.86. The maximum atomic E-state index is 12.3. The standard InChI is InChI=1S/C12H16ClN3O3S/c1-3-15-12(18)16-11(17)7(2)20(19)10-5-4-8(13)6-9(10)14/h4-7H,3,14H2,1-2H3,(H2,15,16,17,18). The summed E-state index contributed by atoms with van der Waals surface area (Å²) in [6.07, 6.45) is 0. The summed E-state index contributed by atoms with van der Waals surface area (Å²) in [5, 5.41) is 4.03. The van der Waals surface area contributed by atoms with Gasteiger partial charge in [-0.05, 0) is 32.0 Å². The maximum Gasteiger partial charge on any atom is 0.321 e. The van der Waals surface area contributed by atoms with Crippen LogP contribution >= 0.6 is 11.6 Å². The van der Waals surface area contributed by atoms with E-state index in [-0.39, 0.29) is 5.69 Å². The molecule has 1 rings (SSSR count). The van der Waals surface area contributed by atoms with Gasteiger partial charge < -0.3 is 11.1 Å². The van der Waals surface area contributed by atoms with Crippen LogP contribution in [0.15, 0.2) is 23.1 Å². The zero-order chi connectivity index (χ0) is 15.3. The molecule has 2 unspecified atom stereocenters. The van der Waals surface area contributed by atoms with Crippen LogP contribution in [-0.4, -0.2) is 27.9 Å². The molecule has 0 aliphatic rings. The van der Waals surface area contributed by atoms with Crippen LogP contribution in [-0.2, 0) is 15.6 Å². The van der Waals surface area contributed by atoms with Crippen molar-refractivity contribution in [2.75, 3.05) is 12.3 Å². The van der Waals surface area contributed by atoms with E-state index in [1.165, 1.54) is 19.1 Å². The molecule has 3 amide bonds. The van der Waals surface area contributed by atoms with Gasteiger partial charge >= 0.3 is 6.03 Å². The highest BCUT2D eigenvalue weighted by Crippen LogP contribution is 2.23. The van der Waals surface area contributed by atoms with Crippen LogP contribution in [0.4, 0.5) is 10.5 Å². The van der Waals surface area contributed by atoms with E-state index < -0.39 is 28.0 Å². The van der Waals surface area contributed by atoms with Crippen LogP contribution in [0.5, 0.6) is 0 Å². The number of rotatable bonds is 4. The van der Waals surface area contributed by atoms with E-state index in [9.17, 15) is 13.8 Å². The number of imide groups is 1. The molecular formula is C12H16ClN3O3S. The number of carbonyl (C=O) groups is 2. The highest BCUT2D eigenvalue weighted by Gasteiger charge is 2.24.